The summed E-state index contributed by atoms with van der Waals surface area (Å²) >= 11 is 3.37. The van der Waals surface area contributed by atoms with Gasteiger partial charge < -0.3 is 9.47 Å². The lowest BCUT2D eigenvalue weighted by molar-refractivity contribution is -0.168. The number of aryl methyl sites for hydroxylation is 1. The van der Waals surface area contributed by atoms with Gasteiger partial charge in [-0.25, -0.2) is 4.98 Å². The molecule has 4 nitrogen and oxygen atoms in total. The van der Waals surface area contributed by atoms with E-state index in [2.05, 4.69) is 20.9 Å². The molecule has 0 radical (unpaired) electrons. The minimum absolute atomic E-state index is 0.0747. The molecule has 5 heteroatoms. The van der Waals surface area contributed by atoms with Crippen molar-refractivity contribution in [1.82, 2.24) is 4.98 Å². The number of rotatable bonds is 5. The van der Waals surface area contributed by atoms with E-state index in [9.17, 15) is 4.79 Å². The Morgan fingerprint density at radius 2 is 2.26 bits per heavy atom. The number of halogens is 1. The van der Waals surface area contributed by atoms with Gasteiger partial charge in [0.1, 0.15) is 0 Å². The van der Waals surface area contributed by atoms with Gasteiger partial charge in [-0.1, -0.05) is 13.3 Å². The van der Waals surface area contributed by atoms with Crippen molar-refractivity contribution < 1.29 is 14.3 Å². The molecule has 1 aliphatic rings. The normalized spacial score (nSPS) is 16.6. The van der Waals surface area contributed by atoms with Gasteiger partial charge in [0.15, 0.2) is 0 Å². The third-order valence-electron chi connectivity index (χ3n) is 3.84. The first kappa shape index (κ1) is 14.3. The van der Waals surface area contributed by atoms with Crippen LogP contribution in [0.25, 0.3) is 0 Å². The van der Waals surface area contributed by atoms with Gasteiger partial charge in [0.25, 0.3) is 0 Å². The van der Waals surface area contributed by atoms with E-state index < -0.39 is 0 Å². The van der Waals surface area contributed by atoms with E-state index in [0.717, 1.165) is 35.7 Å². The van der Waals surface area contributed by atoms with Crippen LogP contribution in [0.3, 0.4) is 0 Å². The van der Waals surface area contributed by atoms with Crippen molar-refractivity contribution in [2.24, 2.45) is 5.41 Å². The fourth-order valence-electron chi connectivity index (χ4n) is 2.19. The fraction of sp³-hybridized carbons (Fsp3) is 0.571. The van der Waals surface area contributed by atoms with E-state index in [4.69, 9.17) is 9.47 Å². The molecule has 0 unspecified atom stereocenters. The van der Waals surface area contributed by atoms with Crippen molar-refractivity contribution in [3.05, 3.63) is 22.3 Å². The summed E-state index contributed by atoms with van der Waals surface area (Å²) in [5, 5.41) is 0. The molecule has 1 aliphatic carbocycles. The van der Waals surface area contributed by atoms with Crippen LogP contribution >= 0.6 is 15.9 Å². The van der Waals surface area contributed by atoms with Gasteiger partial charge in [-0.05, 0) is 47.7 Å². The maximum atomic E-state index is 12.0. The predicted molar refractivity (Wildman–Crippen MR) is 74.8 cm³/mol. The molecule has 0 aliphatic heterocycles. The Morgan fingerprint density at radius 1 is 1.53 bits per heavy atom. The second-order valence-electron chi connectivity index (χ2n) is 4.95. The SMILES string of the molecule is CCC1(C(=O)OCOc2cc(C)c(Br)cn2)CCC1. The molecule has 1 heterocycles. The number of esters is 1. The minimum atomic E-state index is -0.258. The van der Waals surface area contributed by atoms with Crippen molar-refractivity contribution in [1.29, 1.82) is 0 Å². The molecular weight excluding hydrogens is 310 g/mol. The van der Waals surface area contributed by atoms with Gasteiger partial charge in [0.05, 0.1) is 5.41 Å². The van der Waals surface area contributed by atoms with Crippen LogP contribution in [-0.4, -0.2) is 17.7 Å². The van der Waals surface area contributed by atoms with Gasteiger partial charge in [-0.15, -0.1) is 0 Å². The third kappa shape index (κ3) is 3.08. The average molecular weight is 328 g/mol. The zero-order chi connectivity index (χ0) is 13.9. The van der Waals surface area contributed by atoms with Crippen molar-refractivity contribution >= 4 is 21.9 Å². The molecule has 0 bridgehead atoms. The van der Waals surface area contributed by atoms with Crippen LogP contribution in [0.15, 0.2) is 16.7 Å². The molecular formula is C14H18BrNO3. The molecule has 0 aromatic carbocycles. The van der Waals surface area contributed by atoms with E-state index in [-0.39, 0.29) is 18.2 Å². The summed E-state index contributed by atoms with van der Waals surface area (Å²) in [6, 6.07) is 1.80. The predicted octanol–water partition coefficient (Wildman–Crippen LogP) is 3.61. The third-order valence-corrected chi connectivity index (χ3v) is 4.67. The summed E-state index contributed by atoms with van der Waals surface area (Å²) < 4.78 is 11.5. The van der Waals surface area contributed by atoms with Crippen LogP contribution in [0.1, 0.15) is 38.2 Å². The standard InChI is InChI=1S/C14H18BrNO3/c1-3-14(5-4-6-14)13(17)19-9-18-12-7-10(2)11(15)8-16-12/h7-8H,3-6,9H2,1-2H3. The Morgan fingerprint density at radius 3 is 2.79 bits per heavy atom. The zero-order valence-corrected chi connectivity index (χ0v) is 12.8. The lowest BCUT2D eigenvalue weighted by atomic mass is 9.67. The van der Waals surface area contributed by atoms with Crippen LogP contribution < -0.4 is 4.74 Å². The summed E-state index contributed by atoms with van der Waals surface area (Å²) in [4.78, 5) is 16.1. The molecule has 1 aromatic rings. The summed E-state index contributed by atoms with van der Waals surface area (Å²) in [5.41, 5.74) is 0.771. The summed E-state index contributed by atoms with van der Waals surface area (Å²) in [6.45, 7) is 3.90. The molecule has 2 rings (SSSR count). The first-order valence-electron chi connectivity index (χ1n) is 6.49. The molecule has 104 valence electrons. The van der Waals surface area contributed by atoms with Gasteiger partial charge >= 0.3 is 5.97 Å². The Balaban J connectivity index is 1.83. The van der Waals surface area contributed by atoms with Crippen molar-refractivity contribution in [2.75, 3.05) is 6.79 Å². The summed E-state index contributed by atoms with van der Waals surface area (Å²) in [7, 11) is 0. The molecule has 0 amide bonds. The van der Waals surface area contributed by atoms with Crippen LogP contribution in [-0.2, 0) is 9.53 Å². The average Bonchev–Trinajstić information content (AvgIpc) is 2.33. The van der Waals surface area contributed by atoms with Crippen LogP contribution in [0.2, 0.25) is 0 Å². The number of nitrogens with zero attached hydrogens (tertiary/aromatic N) is 1. The Bertz CT molecular complexity index is 466. The molecule has 0 N–H and O–H groups in total. The van der Waals surface area contributed by atoms with E-state index in [0.29, 0.717) is 5.88 Å². The number of carbonyl (C=O) groups is 1. The maximum Gasteiger partial charge on any atom is 0.314 e. The Kier molecular flexibility index (Phi) is 4.45. The smallest absolute Gasteiger partial charge is 0.314 e. The molecule has 19 heavy (non-hydrogen) atoms. The second-order valence-corrected chi connectivity index (χ2v) is 5.81. The van der Waals surface area contributed by atoms with Crippen LogP contribution in [0, 0.1) is 12.3 Å². The first-order valence-corrected chi connectivity index (χ1v) is 7.29. The molecule has 0 atom stereocenters. The Hall–Kier alpha value is -1.10. The molecule has 1 fully saturated rings. The van der Waals surface area contributed by atoms with Gasteiger partial charge in [0.2, 0.25) is 12.7 Å². The van der Waals surface area contributed by atoms with E-state index in [1.54, 1.807) is 12.3 Å². The lowest BCUT2D eigenvalue weighted by Gasteiger charge is -2.38. The number of pyridine rings is 1. The van der Waals surface area contributed by atoms with Gasteiger partial charge in [-0.3, -0.25) is 4.79 Å². The minimum Gasteiger partial charge on any atom is -0.440 e. The highest BCUT2D eigenvalue weighted by Gasteiger charge is 2.43. The van der Waals surface area contributed by atoms with Crippen molar-refractivity contribution in [2.45, 2.75) is 39.5 Å². The van der Waals surface area contributed by atoms with E-state index >= 15 is 0 Å². The number of ether oxygens (including phenoxy) is 2. The van der Waals surface area contributed by atoms with Gasteiger partial charge in [-0.2, -0.15) is 0 Å². The summed E-state index contributed by atoms with van der Waals surface area (Å²) in [5.74, 6) is 0.322. The number of carbonyl (C=O) groups excluding carboxylic acids is 1. The van der Waals surface area contributed by atoms with Gasteiger partial charge in [0, 0.05) is 16.7 Å². The topological polar surface area (TPSA) is 48.4 Å². The molecule has 1 aromatic heterocycles. The highest BCUT2D eigenvalue weighted by Crippen LogP contribution is 2.44. The molecule has 0 saturated heterocycles. The summed E-state index contributed by atoms with van der Waals surface area (Å²) in [6.07, 6.45) is 5.47. The quantitative estimate of drug-likeness (QED) is 0.612. The fourth-order valence-corrected chi connectivity index (χ4v) is 2.41. The Labute approximate surface area is 121 Å². The number of hydrogen-bond donors (Lipinski definition) is 0. The second kappa shape index (κ2) is 5.90. The largest absolute Gasteiger partial charge is 0.440 e. The maximum absolute atomic E-state index is 12.0. The lowest BCUT2D eigenvalue weighted by Crippen LogP contribution is -2.39. The highest BCUT2D eigenvalue weighted by molar-refractivity contribution is 9.10. The van der Waals surface area contributed by atoms with Crippen molar-refractivity contribution in [3.63, 3.8) is 0 Å². The van der Waals surface area contributed by atoms with E-state index in [1.807, 2.05) is 13.8 Å². The van der Waals surface area contributed by atoms with Crippen molar-refractivity contribution in [3.8, 4) is 5.88 Å². The zero-order valence-electron chi connectivity index (χ0n) is 11.2. The monoisotopic (exact) mass is 327 g/mol. The van der Waals surface area contributed by atoms with E-state index in [1.165, 1.54) is 0 Å². The first-order chi connectivity index (χ1) is 9.07. The molecule has 1 saturated carbocycles. The number of aromatic nitrogens is 1. The van der Waals surface area contributed by atoms with Crippen LogP contribution in [0.5, 0.6) is 5.88 Å². The molecule has 0 spiro atoms. The van der Waals surface area contributed by atoms with Crippen LogP contribution in [0.4, 0.5) is 0 Å². The number of hydrogen-bond acceptors (Lipinski definition) is 4. The highest BCUT2D eigenvalue weighted by atomic mass is 79.9.